The Bertz CT molecular complexity index is 922. The number of nitrogens with one attached hydrogen (secondary N) is 1. The fourth-order valence-corrected chi connectivity index (χ4v) is 3.93. The highest BCUT2D eigenvalue weighted by atomic mass is 16.5. The molecule has 6 nitrogen and oxygen atoms in total. The average Bonchev–Trinajstić information content (AvgIpc) is 2.97. The maximum Gasteiger partial charge on any atom is 0.340 e. The van der Waals surface area contributed by atoms with Crippen LogP contribution >= 0.6 is 0 Å². The van der Waals surface area contributed by atoms with Crippen molar-refractivity contribution in [1.29, 1.82) is 0 Å². The van der Waals surface area contributed by atoms with E-state index in [4.69, 9.17) is 4.74 Å². The highest BCUT2D eigenvalue weighted by molar-refractivity contribution is 6.00. The number of esters is 1. The zero-order valence-electron chi connectivity index (χ0n) is 18.3. The number of aromatic nitrogens is 1. The Morgan fingerprint density at radius 3 is 2.28 bits per heavy atom. The topological polar surface area (TPSA) is 65.6 Å². The molecule has 1 saturated heterocycles. The molecule has 1 aromatic heterocycles. The van der Waals surface area contributed by atoms with Crippen molar-refractivity contribution in [2.75, 3.05) is 31.1 Å². The summed E-state index contributed by atoms with van der Waals surface area (Å²) in [7, 11) is 0. The first-order valence-corrected chi connectivity index (χ1v) is 10.2. The molecule has 1 aliphatic heterocycles. The number of rotatable bonds is 4. The number of aryl methyl sites for hydroxylation is 2. The number of aromatic amines is 1. The summed E-state index contributed by atoms with van der Waals surface area (Å²) in [5.41, 5.74) is 6.09. The Kier molecular flexibility index (Phi) is 6.01. The normalized spacial score (nSPS) is 14.4. The Morgan fingerprint density at radius 1 is 1.00 bits per heavy atom. The third-order valence-electron chi connectivity index (χ3n) is 5.68. The van der Waals surface area contributed by atoms with Crippen LogP contribution in [0, 0.1) is 27.7 Å². The standard InChI is InChI=1S/C23H31N3O3/c1-14(2)29-23(28)20-17(5)21(24-18(20)6)22(27)26-12-10-25(11-13-26)19-9-7-8-15(3)16(19)4/h7-9,14,24H,10-13H2,1-6H3. The van der Waals surface area contributed by atoms with E-state index in [1.807, 2.05) is 18.7 Å². The molecule has 0 saturated carbocycles. The number of benzene rings is 1. The van der Waals surface area contributed by atoms with Crippen LogP contribution in [0.1, 0.15) is 57.1 Å². The van der Waals surface area contributed by atoms with Gasteiger partial charge in [0.15, 0.2) is 0 Å². The molecule has 0 spiro atoms. The summed E-state index contributed by atoms with van der Waals surface area (Å²) in [6.45, 7) is 14.4. The number of nitrogens with zero attached hydrogens (tertiary/aromatic N) is 2. The van der Waals surface area contributed by atoms with E-state index in [9.17, 15) is 9.59 Å². The van der Waals surface area contributed by atoms with E-state index in [0.717, 1.165) is 13.1 Å². The average molecular weight is 398 g/mol. The fraction of sp³-hybridized carbons (Fsp3) is 0.478. The monoisotopic (exact) mass is 397 g/mol. The summed E-state index contributed by atoms with van der Waals surface area (Å²) < 4.78 is 5.33. The number of amides is 1. The number of piperazine rings is 1. The van der Waals surface area contributed by atoms with Crippen LogP contribution < -0.4 is 4.90 Å². The molecule has 3 rings (SSSR count). The highest BCUT2D eigenvalue weighted by Crippen LogP contribution is 2.25. The predicted molar refractivity (Wildman–Crippen MR) is 115 cm³/mol. The number of anilines is 1. The fourth-order valence-electron chi connectivity index (χ4n) is 3.93. The van der Waals surface area contributed by atoms with Crippen LogP contribution in [0.3, 0.4) is 0 Å². The first kappa shape index (κ1) is 21.0. The van der Waals surface area contributed by atoms with E-state index in [1.54, 1.807) is 13.8 Å². The van der Waals surface area contributed by atoms with E-state index < -0.39 is 0 Å². The molecule has 0 aliphatic carbocycles. The van der Waals surface area contributed by atoms with Crippen LogP contribution in [0.15, 0.2) is 18.2 Å². The summed E-state index contributed by atoms with van der Waals surface area (Å²) in [6, 6.07) is 6.35. The third kappa shape index (κ3) is 4.16. The van der Waals surface area contributed by atoms with Gasteiger partial charge in [0.1, 0.15) is 5.69 Å². The van der Waals surface area contributed by atoms with E-state index in [1.165, 1.54) is 16.8 Å². The number of ether oxygens (including phenoxy) is 1. The number of carbonyl (C=O) groups is 2. The van der Waals surface area contributed by atoms with Crippen LogP contribution in [0.4, 0.5) is 5.69 Å². The lowest BCUT2D eigenvalue weighted by atomic mass is 10.1. The predicted octanol–water partition coefficient (Wildman–Crippen LogP) is 3.78. The molecule has 1 amide bonds. The molecule has 29 heavy (non-hydrogen) atoms. The zero-order chi connectivity index (χ0) is 21.3. The van der Waals surface area contributed by atoms with Crippen LogP contribution in [-0.2, 0) is 4.74 Å². The van der Waals surface area contributed by atoms with E-state index in [-0.39, 0.29) is 18.0 Å². The van der Waals surface area contributed by atoms with E-state index in [2.05, 4.69) is 41.9 Å². The van der Waals surface area contributed by atoms with Gasteiger partial charge in [0.05, 0.1) is 11.7 Å². The van der Waals surface area contributed by atoms with Crippen molar-refractivity contribution in [1.82, 2.24) is 9.88 Å². The van der Waals surface area contributed by atoms with Gasteiger partial charge in [-0.25, -0.2) is 4.79 Å². The second-order valence-electron chi connectivity index (χ2n) is 8.08. The molecule has 156 valence electrons. The van der Waals surface area contributed by atoms with E-state index in [0.29, 0.717) is 35.6 Å². The molecule has 0 radical (unpaired) electrons. The zero-order valence-corrected chi connectivity index (χ0v) is 18.3. The lowest BCUT2D eigenvalue weighted by Crippen LogP contribution is -2.49. The van der Waals surface area contributed by atoms with Crippen molar-refractivity contribution in [3.63, 3.8) is 0 Å². The van der Waals surface area contributed by atoms with Gasteiger partial charge in [-0.05, 0) is 64.3 Å². The Balaban J connectivity index is 1.73. The summed E-state index contributed by atoms with van der Waals surface area (Å²) in [4.78, 5) is 32.8. The quantitative estimate of drug-likeness (QED) is 0.798. The van der Waals surface area contributed by atoms with Crippen LogP contribution in [-0.4, -0.2) is 54.0 Å². The van der Waals surface area contributed by atoms with Gasteiger partial charge in [-0.1, -0.05) is 12.1 Å². The molecular weight excluding hydrogens is 366 g/mol. The molecule has 1 N–H and O–H groups in total. The summed E-state index contributed by atoms with van der Waals surface area (Å²) in [5, 5.41) is 0. The second-order valence-corrected chi connectivity index (χ2v) is 8.08. The van der Waals surface area contributed by atoms with Gasteiger partial charge in [0.25, 0.3) is 5.91 Å². The van der Waals surface area contributed by atoms with Gasteiger partial charge in [-0.2, -0.15) is 0 Å². The first-order valence-electron chi connectivity index (χ1n) is 10.2. The van der Waals surface area contributed by atoms with Crippen molar-refractivity contribution >= 4 is 17.6 Å². The lowest BCUT2D eigenvalue weighted by Gasteiger charge is -2.37. The van der Waals surface area contributed by atoms with E-state index >= 15 is 0 Å². The van der Waals surface area contributed by atoms with Crippen molar-refractivity contribution in [2.24, 2.45) is 0 Å². The van der Waals surface area contributed by atoms with Gasteiger partial charge in [-0.15, -0.1) is 0 Å². The van der Waals surface area contributed by atoms with Gasteiger partial charge >= 0.3 is 5.97 Å². The SMILES string of the molecule is Cc1cccc(N2CCN(C(=O)c3[nH]c(C)c(C(=O)OC(C)C)c3C)CC2)c1C. The number of hydrogen-bond donors (Lipinski definition) is 1. The molecule has 0 atom stereocenters. The maximum atomic E-state index is 13.1. The number of hydrogen-bond acceptors (Lipinski definition) is 4. The molecule has 2 heterocycles. The van der Waals surface area contributed by atoms with Crippen LogP contribution in [0.25, 0.3) is 0 Å². The third-order valence-corrected chi connectivity index (χ3v) is 5.68. The smallest absolute Gasteiger partial charge is 0.340 e. The number of H-pyrrole nitrogens is 1. The molecule has 1 aliphatic rings. The minimum absolute atomic E-state index is 0.0604. The van der Waals surface area contributed by atoms with Gasteiger partial charge in [-0.3, -0.25) is 4.79 Å². The minimum atomic E-state index is -0.384. The minimum Gasteiger partial charge on any atom is -0.459 e. The molecular formula is C23H31N3O3. The molecule has 1 aromatic carbocycles. The summed E-state index contributed by atoms with van der Waals surface area (Å²) >= 11 is 0. The van der Waals surface area contributed by atoms with Crippen molar-refractivity contribution in [2.45, 2.75) is 47.6 Å². The Morgan fingerprint density at radius 2 is 1.66 bits per heavy atom. The largest absolute Gasteiger partial charge is 0.459 e. The van der Waals surface area contributed by atoms with Gasteiger partial charge in [0.2, 0.25) is 0 Å². The Labute approximate surface area is 172 Å². The summed E-state index contributed by atoms with van der Waals surface area (Å²) in [5.74, 6) is -0.445. The maximum absolute atomic E-state index is 13.1. The van der Waals surface area contributed by atoms with Crippen molar-refractivity contribution < 1.29 is 14.3 Å². The van der Waals surface area contributed by atoms with Crippen LogP contribution in [0.5, 0.6) is 0 Å². The second kappa shape index (κ2) is 8.31. The molecule has 6 heteroatoms. The lowest BCUT2D eigenvalue weighted by molar-refractivity contribution is 0.0376. The summed E-state index contributed by atoms with van der Waals surface area (Å²) in [6.07, 6.45) is -0.200. The molecule has 1 fully saturated rings. The number of carbonyl (C=O) groups excluding carboxylic acids is 2. The highest BCUT2D eigenvalue weighted by Gasteiger charge is 2.28. The Hall–Kier alpha value is -2.76. The van der Waals surface area contributed by atoms with Gasteiger partial charge < -0.3 is 19.5 Å². The van der Waals surface area contributed by atoms with Crippen LogP contribution in [0.2, 0.25) is 0 Å². The molecule has 0 bridgehead atoms. The van der Waals surface area contributed by atoms with Crippen molar-refractivity contribution in [3.8, 4) is 0 Å². The first-order chi connectivity index (χ1) is 13.7. The van der Waals surface area contributed by atoms with Gasteiger partial charge in [0, 0.05) is 37.6 Å². The van der Waals surface area contributed by atoms with Crippen molar-refractivity contribution in [3.05, 3.63) is 51.8 Å². The molecule has 0 unspecified atom stereocenters. The molecule has 2 aromatic rings.